The minimum absolute atomic E-state index is 0.207. The summed E-state index contributed by atoms with van der Waals surface area (Å²) in [6.45, 7) is 6.76. The maximum atomic E-state index is 12.9. The highest BCUT2D eigenvalue weighted by molar-refractivity contribution is 6.04. The van der Waals surface area contributed by atoms with Gasteiger partial charge in [0.2, 0.25) is 0 Å². The molecule has 7 nitrogen and oxygen atoms in total. The standard InChI is InChI=1S/C28H32N4O3/c1-3-35-24-8-6-7-21(17-24)19-29-27(33)22-11-14-26(32-15-4-5-16-32)25(18-22)31-28(34)30-23-12-9-20(2)10-13-23/h6-14,17-18H,3-5,15-16,19H2,1-2H3,(H,29,33)(H2,30,31,34). The van der Waals surface area contributed by atoms with Crippen molar-refractivity contribution in [2.45, 2.75) is 33.2 Å². The minimum atomic E-state index is -0.348. The number of hydrogen-bond donors (Lipinski definition) is 3. The van der Waals surface area contributed by atoms with Gasteiger partial charge in [-0.05, 0) is 74.7 Å². The van der Waals surface area contributed by atoms with Gasteiger partial charge in [0.05, 0.1) is 18.0 Å². The Morgan fingerprint density at radius 1 is 0.943 bits per heavy atom. The van der Waals surface area contributed by atoms with Gasteiger partial charge in [-0.1, -0.05) is 29.8 Å². The van der Waals surface area contributed by atoms with Gasteiger partial charge in [-0.2, -0.15) is 0 Å². The summed E-state index contributed by atoms with van der Waals surface area (Å²) in [5.74, 6) is 0.571. The fourth-order valence-electron chi connectivity index (χ4n) is 4.13. The number of ether oxygens (including phenoxy) is 1. The summed E-state index contributed by atoms with van der Waals surface area (Å²) in [5, 5.41) is 8.78. The molecule has 3 amide bonds. The predicted molar refractivity (Wildman–Crippen MR) is 140 cm³/mol. The molecule has 1 aliphatic heterocycles. The van der Waals surface area contributed by atoms with E-state index < -0.39 is 0 Å². The van der Waals surface area contributed by atoms with E-state index in [0.29, 0.717) is 30.1 Å². The van der Waals surface area contributed by atoms with Gasteiger partial charge in [0.1, 0.15) is 5.75 Å². The molecule has 0 aliphatic carbocycles. The molecule has 0 unspecified atom stereocenters. The lowest BCUT2D eigenvalue weighted by Gasteiger charge is -2.22. The third-order valence-corrected chi connectivity index (χ3v) is 5.93. The third-order valence-electron chi connectivity index (χ3n) is 5.93. The Morgan fingerprint density at radius 2 is 1.71 bits per heavy atom. The van der Waals surface area contributed by atoms with Crippen molar-refractivity contribution in [2.24, 2.45) is 0 Å². The summed E-state index contributed by atoms with van der Waals surface area (Å²) in [4.78, 5) is 27.9. The number of nitrogens with one attached hydrogen (secondary N) is 3. The van der Waals surface area contributed by atoms with Crippen LogP contribution < -0.4 is 25.6 Å². The summed E-state index contributed by atoms with van der Waals surface area (Å²) < 4.78 is 5.54. The maximum absolute atomic E-state index is 12.9. The molecule has 1 aliphatic rings. The van der Waals surface area contributed by atoms with E-state index in [1.165, 1.54) is 0 Å². The van der Waals surface area contributed by atoms with Gasteiger partial charge in [0, 0.05) is 30.9 Å². The molecule has 0 saturated carbocycles. The van der Waals surface area contributed by atoms with Crippen molar-refractivity contribution in [1.82, 2.24) is 5.32 Å². The Labute approximate surface area is 206 Å². The first kappa shape index (κ1) is 24.1. The van der Waals surface area contributed by atoms with E-state index in [2.05, 4.69) is 20.9 Å². The molecule has 1 heterocycles. The fourth-order valence-corrected chi connectivity index (χ4v) is 4.13. The lowest BCUT2D eigenvalue weighted by Crippen LogP contribution is -2.26. The molecule has 3 aromatic rings. The molecule has 4 rings (SSSR count). The van der Waals surface area contributed by atoms with Crippen molar-refractivity contribution in [3.63, 3.8) is 0 Å². The first-order valence-electron chi connectivity index (χ1n) is 12.1. The van der Waals surface area contributed by atoms with E-state index >= 15 is 0 Å². The van der Waals surface area contributed by atoms with Crippen LogP contribution in [0.4, 0.5) is 21.9 Å². The molecule has 0 bridgehead atoms. The molecule has 0 radical (unpaired) electrons. The average Bonchev–Trinajstić information content (AvgIpc) is 3.39. The second-order valence-electron chi connectivity index (χ2n) is 8.63. The molecule has 3 N–H and O–H groups in total. The number of nitrogens with zero attached hydrogens (tertiary/aromatic N) is 1. The predicted octanol–water partition coefficient (Wildman–Crippen LogP) is 5.57. The van der Waals surface area contributed by atoms with E-state index in [-0.39, 0.29) is 11.9 Å². The number of urea groups is 1. The monoisotopic (exact) mass is 472 g/mol. The van der Waals surface area contributed by atoms with E-state index in [0.717, 1.165) is 48.5 Å². The lowest BCUT2D eigenvalue weighted by molar-refractivity contribution is 0.0951. The highest BCUT2D eigenvalue weighted by atomic mass is 16.5. The minimum Gasteiger partial charge on any atom is -0.494 e. The molecule has 7 heteroatoms. The van der Waals surface area contributed by atoms with Gasteiger partial charge in [-0.3, -0.25) is 4.79 Å². The molecule has 1 saturated heterocycles. The second-order valence-corrected chi connectivity index (χ2v) is 8.63. The summed E-state index contributed by atoms with van der Waals surface area (Å²) in [6, 6.07) is 20.4. The summed E-state index contributed by atoms with van der Waals surface area (Å²) in [5.41, 5.74) is 4.80. The van der Waals surface area contributed by atoms with Crippen molar-refractivity contribution >= 4 is 29.0 Å². The summed E-state index contributed by atoms with van der Waals surface area (Å²) in [6.07, 6.45) is 2.22. The van der Waals surface area contributed by atoms with Crippen LogP contribution in [0, 0.1) is 6.92 Å². The Bertz CT molecular complexity index is 1170. The fraction of sp³-hybridized carbons (Fsp3) is 0.286. The first-order valence-corrected chi connectivity index (χ1v) is 12.1. The second kappa shape index (κ2) is 11.4. The molecule has 0 spiro atoms. The number of aryl methyl sites for hydroxylation is 1. The van der Waals surface area contributed by atoms with Crippen molar-refractivity contribution in [3.8, 4) is 5.75 Å². The Balaban J connectivity index is 1.48. The van der Waals surface area contributed by atoms with Crippen LogP contribution in [0.15, 0.2) is 66.7 Å². The van der Waals surface area contributed by atoms with Gasteiger partial charge < -0.3 is 25.6 Å². The Kier molecular flexibility index (Phi) is 7.88. The quantitative estimate of drug-likeness (QED) is 0.400. The highest BCUT2D eigenvalue weighted by Gasteiger charge is 2.19. The van der Waals surface area contributed by atoms with Crippen LogP contribution in [0.5, 0.6) is 5.75 Å². The van der Waals surface area contributed by atoms with Crippen LogP contribution in [0.25, 0.3) is 0 Å². The maximum Gasteiger partial charge on any atom is 0.323 e. The van der Waals surface area contributed by atoms with Crippen LogP contribution in [0.3, 0.4) is 0 Å². The number of carbonyl (C=O) groups excluding carboxylic acids is 2. The number of rotatable bonds is 8. The molecule has 3 aromatic carbocycles. The van der Waals surface area contributed by atoms with Gasteiger partial charge in [-0.15, -0.1) is 0 Å². The van der Waals surface area contributed by atoms with Crippen LogP contribution in [-0.2, 0) is 6.54 Å². The van der Waals surface area contributed by atoms with Crippen LogP contribution in [0.2, 0.25) is 0 Å². The summed E-state index contributed by atoms with van der Waals surface area (Å²) in [7, 11) is 0. The normalized spacial score (nSPS) is 12.8. The Hall–Kier alpha value is -4.00. The molecule has 182 valence electrons. The van der Waals surface area contributed by atoms with Crippen LogP contribution >= 0.6 is 0 Å². The number of hydrogen-bond acceptors (Lipinski definition) is 4. The number of carbonyl (C=O) groups is 2. The van der Waals surface area contributed by atoms with E-state index in [4.69, 9.17) is 4.74 Å². The lowest BCUT2D eigenvalue weighted by atomic mass is 10.1. The topological polar surface area (TPSA) is 82.7 Å². The first-order chi connectivity index (χ1) is 17.0. The molecule has 35 heavy (non-hydrogen) atoms. The molecule has 0 aromatic heterocycles. The SMILES string of the molecule is CCOc1cccc(CNC(=O)c2ccc(N3CCCC3)c(NC(=O)Nc3ccc(C)cc3)c2)c1. The zero-order valence-corrected chi connectivity index (χ0v) is 20.3. The van der Waals surface area contributed by atoms with E-state index in [1.54, 1.807) is 6.07 Å². The third kappa shape index (κ3) is 6.53. The number of anilines is 3. The largest absolute Gasteiger partial charge is 0.494 e. The Morgan fingerprint density at radius 3 is 2.46 bits per heavy atom. The number of amides is 3. The molecular formula is C28H32N4O3. The molecule has 1 fully saturated rings. The zero-order valence-electron chi connectivity index (χ0n) is 20.3. The number of benzene rings is 3. The van der Waals surface area contributed by atoms with Crippen molar-refractivity contribution < 1.29 is 14.3 Å². The average molecular weight is 473 g/mol. The highest BCUT2D eigenvalue weighted by Crippen LogP contribution is 2.30. The van der Waals surface area contributed by atoms with Gasteiger partial charge >= 0.3 is 6.03 Å². The zero-order chi connectivity index (χ0) is 24.6. The van der Waals surface area contributed by atoms with Crippen LogP contribution in [0.1, 0.15) is 41.3 Å². The summed E-state index contributed by atoms with van der Waals surface area (Å²) >= 11 is 0. The van der Waals surface area contributed by atoms with E-state index in [9.17, 15) is 9.59 Å². The van der Waals surface area contributed by atoms with E-state index in [1.807, 2.05) is 74.5 Å². The van der Waals surface area contributed by atoms with Crippen LogP contribution in [-0.4, -0.2) is 31.6 Å². The van der Waals surface area contributed by atoms with Gasteiger partial charge in [0.15, 0.2) is 0 Å². The molecular weight excluding hydrogens is 440 g/mol. The van der Waals surface area contributed by atoms with Crippen molar-refractivity contribution in [3.05, 3.63) is 83.4 Å². The molecule has 0 atom stereocenters. The van der Waals surface area contributed by atoms with Crippen molar-refractivity contribution in [1.29, 1.82) is 0 Å². The smallest absolute Gasteiger partial charge is 0.323 e. The van der Waals surface area contributed by atoms with Gasteiger partial charge in [0.25, 0.3) is 5.91 Å². The van der Waals surface area contributed by atoms with Gasteiger partial charge in [-0.25, -0.2) is 4.79 Å². The van der Waals surface area contributed by atoms with Crippen molar-refractivity contribution in [2.75, 3.05) is 35.2 Å².